The molecular formula is C17H14FN3O3. The van der Waals surface area contributed by atoms with Crippen LogP contribution in [-0.2, 0) is 0 Å². The van der Waals surface area contributed by atoms with E-state index >= 15 is 0 Å². The van der Waals surface area contributed by atoms with Crippen LogP contribution >= 0.6 is 0 Å². The van der Waals surface area contributed by atoms with Crippen LogP contribution in [0.2, 0.25) is 0 Å². The highest BCUT2D eigenvalue weighted by Crippen LogP contribution is 2.29. The lowest BCUT2D eigenvalue weighted by Crippen LogP contribution is -2.53. The van der Waals surface area contributed by atoms with Gasteiger partial charge in [-0.05, 0) is 37.3 Å². The summed E-state index contributed by atoms with van der Waals surface area (Å²) in [7, 11) is 0. The highest BCUT2D eigenvalue weighted by Gasteiger charge is 2.31. The minimum Gasteiger partial charge on any atom is -0.389 e. The van der Waals surface area contributed by atoms with Crippen molar-refractivity contribution in [3.63, 3.8) is 0 Å². The van der Waals surface area contributed by atoms with E-state index in [1.165, 1.54) is 12.1 Å². The highest BCUT2D eigenvalue weighted by atomic mass is 19.1. The fraction of sp³-hybridized carbons (Fsp3) is 0.235. The number of nitrogens with zero attached hydrogens (tertiary/aromatic N) is 3. The van der Waals surface area contributed by atoms with Crippen LogP contribution in [0.3, 0.4) is 0 Å². The fourth-order valence-electron chi connectivity index (χ4n) is 2.82. The second-order valence-corrected chi connectivity index (χ2v) is 5.87. The molecule has 0 aliphatic carbocycles. The van der Waals surface area contributed by atoms with E-state index in [0.29, 0.717) is 41.0 Å². The van der Waals surface area contributed by atoms with E-state index < -0.39 is 6.10 Å². The van der Waals surface area contributed by atoms with E-state index in [-0.39, 0.29) is 17.4 Å². The van der Waals surface area contributed by atoms with Gasteiger partial charge >= 0.3 is 0 Å². The Morgan fingerprint density at radius 2 is 2.04 bits per heavy atom. The Morgan fingerprint density at radius 3 is 2.71 bits per heavy atom. The van der Waals surface area contributed by atoms with Gasteiger partial charge in [0.2, 0.25) is 0 Å². The number of β-amino-alcohol motifs (C(OH)–C–C–N with tert-alkyl or cyclic N) is 1. The van der Waals surface area contributed by atoms with Gasteiger partial charge in [-0.2, -0.15) is 0 Å². The van der Waals surface area contributed by atoms with Gasteiger partial charge in [-0.15, -0.1) is 0 Å². The molecule has 24 heavy (non-hydrogen) atoms. The lowest BCUT2D eigenvalue weighted by Gasteiger charge is -2.36. The SMILES string of the molecule is Cc1noc2nc(-c3ccc(F)cc3)cc(C(=O)N3CC(O)C3)c12. The lowest BCUT2D eigenvalue weighted by atomic mass is 10.0. The zero-order chi connectivity index (χ0) is 16.8. The predicted molar refractivity (Wildman–Crippen MR) is 83.8 cm³/mol. The van der Waals surface area contributed by atoms with Crippen molar-refractivity contribution in [2.45, 2.75) is 13.0 Å². The largest absolute Gasteiger partial charge is 0.389 e. The van der Waals surface area contributed by atoms with Crippen molar-refractivity contribution in [1.29, 1.82) is 0 Å². The molecule has 2 aromatic heterocycles. The number of pyridine rings is 1. The maximum absolute atomic E-state index is 13.1. The smallest absolute Gasteiger partial charge is 0.259 e. The number of aryl methyl sites for hydroxylation is 1. The number of fused-ring (bicyclic) bond motifs is 1. The molecule has 0 bridgehead atoms. The molecule has 3 aromatic rings. The van der Waals surface area contributed by atoms with E-state index in [9.17, 15) is 14.3 Å². The number of hydrogen-bond donors (Lipinski definition) is 1. The molecule has 1 amide bonds. The number of aromatic nitrogens is 2. The molecule has 0 unspecified atom stereocenters. The number of hydrogen-bond acceptors (Lipinski definition) is 5. The molecule has 0 radical (unpaired) electrons. The number of carbonyl (C=O) groups is 1. The number of aliphatic hydroxyl groups is 1. The van der Waals surface area contributed by atoms with Crippen LogP contribution < -0.4 is 0 Å². The molecule has 0 spiro atoms. The predicted octanol–water partition coefficient (Wildman–Crippen LogP) is 2.15. The average molecular weight is 327 g/mol. The van der Waals surface area contributed by atoms with E-state index in [4.69, 9.17) is 4.52 Å². The fourth-order valence-corrected chi connectivity index (χ4v) is 2.82. The summed E-state index contributed by atoms with van der Waals surface area (Å²) in [6.07, 6.45) is -0.480. The number of rotatable bonds is 2. The van der Waals surface area contributed by atoms with E-state index in [1.54, 1.807) is 30.0 Å². The summed E-state index contributed by atoms with van der Waals surface area (Å²) in [5.74, 6) is -0.552. The number of aliphatic hydroxyl groups excluding tert-OH is 1. The monoisotopic (exact) mass is 327 g/mol. The van der Waals surface area contributed by atoms with Gasteiger partial charge in [-0.1, -0.05) is 5.16 Å². The van der Waals surface area contributed by atoms with Gasteiger partial charge in [0.25, 0.3) is 11.6 Å². The molecule has 0 saturated carbocycles. The van der Waals surface area contributed by atoms with Gasteiger partial charge in [0, 0.05) is 18.7 Å². The Bertz CT molecular complexity index is 930. The minimum atomic E-state index is -0.480. The Hall–Kier alpha value is -2.80. The summed E-state index contributed by atoms with van der Waals surface area (Å²) in [4.78, 5) is 18.7. The maximum Gasteiger partial charge on any atom is 0.259 e. The summed E-state index contributed by atoms with van der Waals surface area (Å²) in [6.45, 7) is 2.35. The average Bonchev–Trinajstić information content (AvgIpc) is 2.92. The number of halogens is 1. The molecule has 1 aliphatic heterocycles. The first-order valence-corrected chi connectivity index (χ1v) is 7.53. The van der Waals surface area contributed by atoms with Crippen LogP contribution in [0.15, 0.2) is 34.9 Å². The van der Waals surface area contributed by atoms with Crippen LogP contribution in [0.5, 0.6) is 0 Å². The molecule has 6 nitrogen and oxygen atoms in total. The van der Waals surface area contributed by atoms with Gasteiger partial charge in [-0.3, -0.25) is 4.79 Å². The summed E-state index contributed by atoms with van der Waals surface area (Å²) in [6, 6.07) is 7.51. The third kappa shape index (κ3) is 2.33. The van der Waals surface area contributed by atoms with Crippen LogP contribution in [-0.4, -0.2) is 45.2 Å². The van der Waals surface area contributed by atoms with Crippen molar-refractivity contribution < 1.29 is 18.8 Å². The highest BCUT2D eigenvalue weighted by molar-refractivity contribution is 6.07. The maximum atomic E-state index is 13.1. The molecule has 1 aliphatic rings. The van der Waals surface area contributed by atoms with E-state index in [1.807, 2.05) is 0 Å². The topological polar surface area (TPSA) is 79.5 Å². The van der Waals surface area contributed by atoms with Crippen molar-refractivity contribution >= 4 is 17.0 Å². The third-order valence-electron chi connectivity index (χ3n) is 4.14. The summed E-state index contributed by atoms with van der Waals surface area (Å²) in [5, 5.41) is 13.9. The molecule has 122 valence electrons. The van der Waals surface area contributed by atoms with Gasteiger partial charge in [0.15, 0.2) is 0 Å². The van der Waals surface area contributed by atoms with Crippen LogP contribution in [0, 0.1) is 12.7 Å². The summed E-state index contributed by atoms with van der Waals surface area (Å²) < 4.78 is 18.4. The molecule has 3 heterocycles. The van der Waals surface area contributed by atoms with Crippen molar-refractivity contribution in [3.8, 4) is 11.3 Å². The van der Waals surface area contributed by atoms with Gasteiger partial charge in [0.05, 0.1) is 28.4 Å². The number of amides is 1. The third-order valence-corrected chi connectivity index (χ3v) is 4.14. The lowest BCUT2D eigenvalue weighted by molar-refractivity contribution is 0.00602. The van der Waals surface area contributed by atoms with Crippen LogP contribution in [0.4, 0.5) is 4.39 Å². The number of likely N-dealkylation sites (tertiary alicyclic amines) is 1. The van der Waals surface area contributed by atoms with Crippen molar-refractivity contribution in [3.05, 3.63) is 47.4 Å². The second kappa shape index (κ2) is 5.38. The Morgan fingerprint density at radius 1 is 1.33 bits per heavy atom. The first kappa shape index (κ1) is 14.8. The molecule has 1 N–H and O–H groups in total. The normalized spacial score (nSPS) is 14.9. The van der Waals surface area contributed by atoms with Crippen molar-refractivity contribution in [2.24, 2.45) is 0 Å². The molecule has 1 fully saturated rings. The van der Waals surface area contributed by atoms with Gasteiger partial charge in [-0.25, -0.2) is 9.37 Å². The van der Waals surface area contributed by atoms with Crippen molar-refractivity contribution in [2.75, 3.05) is 13.1 Å². The first-order valence-electron chi connectivity index (χ1n) is 7.53. The van der Waals surface area contributed by atoms with Crippen LogP contribution in [0.25, 0.3) is 22.4 Å². The van der Waals surface area contributed by atoms with E-state index in [0.717, 1.165) is 0 Å². The number of carbonyl (C=O) groups excluding carboxylic acids is 1. The van der Waals surface area contributed by atoms with Gasteiger partial charge in [0.1, 0.15) is 5.82 Å². The molecule has 1 saturated heterocycles. The molecule has 0 atom stereocenters. The Labute approximate surface area is 136 Å². The quantitative estimate of drug-likeness (QED) is 0.780. The Kier molecular flexibility index (Phi) is 3.31. The molecule has 4 rings (SSSR count). The second-order valence-electron chi connectivity index (χ2n) is 5.87. The Balaban J connectivity index is 1.85. The zero-order valence-corrected chi connectivity index (χ0v) is 12.9. The molecular weight excluding hydrogens is 313 g/mol. The van der Waals surface area contributed by atoms with E-state index in [2.05, 4.69) is 10.1 Å². The van der Waals surface area contributed by atoms with Crippen molar-refractivity contribution in [1.82, 2.24) is 15.0 Å². The summed E-state index contributed by atoms with van der Waals surface area (Å²) in [5.41, 5.74) is 2.43. The molecule has 7 heteroatoms. The number of benzene rings is 1. The first-order chi connectivity index (χ1) is 11.5. The zero-order valence-electron chi connectivity index (χ0n) is 12.9. The standard InChI is InChI=1S/C17H14FN3O3/c1-9-15-13(17(23)21-7-12(22)8-21)6-14(19-16(15)24-20-9)10-2-4-11(18)5-3-10/h2-6,12,22H,7-8H2,1H3. The molecule has 1 aromatic carbocycles. The minimum absolute atomic E-state index is 0.206. The van der Waals surface area contributed by atoms with Crippen LogP contribution in [0.1, 0.15) is 16.1 Å². The summed E-state index contributed by atoms with van der Waals surface area (Å²) >= 11 is 0. The van der Waals surface area contributed by atoms with Gasteiger partial charge < -0.3 is 14.5 Å².